The Labute approximate surface area is 233 Å². The van der Waals surface area contributed by atoms with E-state index in [0.29, 0.717) is 24.8 Å². The van der Waals surface area contributed by atoms with Crippen LogP contribution in [0.4, 0.5) is 0 Å². The molecular formula is C30H47NO8. The van der Waals surface area contributed by atoms with Gasteiger partial charge < -0.3 is 24.7 Å². The molecule has 2 N–H and O–H groups in total. The van der Waals surface area contributed by atoms with E-state index in [1.54, 1.807) is 32.9 Å². The second-order valence-electron chi connectivity index (χ2n) is 10.5. The monoisotopic (exact) mass is 549 g/mol. The first-order valence-electron chi connectivity index (χ1n) is 14.1. The van der Waals surface area contributed by atoms with E-state index >= 15 is 0 Å². The van der Waals surface area contributed by atoms with E-state index in [-0.39, 0.29) is 48.2 Å². The fourth-order valence-corrected chi connectivity index (χ4v) is 3.74. The lowest BCUT2D eigenvalue weighted by molar-refractivity contribution is -0.159. The molecule has 0 heterocycles. The Morgan fingerprint density at radius 1 is 0.821 bits per heavy atom. The van der Waals surface area contributed by atoms with E-state index in [2.05, 4.69) is 0 Å². The van der Waals surface area contributed by atoms with Crippen molar-refractivity contribution in [3.05, 3.63) is 23.8 Å². The predicted octanol–water partition coefficient (Wildman–Crippen LogP) is 5.15. The largest absolute Gasteiger partial charge is 0.461 e. The zero-order chi connectivity index (χ0) is 29.5. The first kappa shape index (κ1) is 34.1. The zero-order valence-electron chi connectivity index (χ0n) is 24.6. The number of carbonyl (C=O) groups excluding carboxylic acids is 4. The van der Waals surface area contributed by atoms with Crippen LogP contribution in [0.3, 0.4) is 0 Å². The van der Waals surface area contributed by atoms with Crippen LogP contribution in [0, 0.1) is 17.8 Å². The summed E-state index contributed by atoms with van der Waals surface area (Å²) < 4.78 is 21.7. The smallest absolute Gasteiger partial charge is 0.323 e. The Bertz CT molecular complexity index is 947. The van der Waals surface area contributed by atoms with Crippen LogP contribution in [0.15, 0.2) is 18.2 Å². The molecule has 0 saturated heterocycles. The van der Waals surface area contributed by atoms with Crippen molar-refractivity contribution in [3.8, 4) is 11.5 Å². The molecule has 0 fully saturated rings. The summed E-state index contributed by atoms with van der Waals surface area (Å²) in [5.41, 5.74) is 6.67. The zero-order valence-corrected chi connectivity index (χ0v) is 24.6. The number of hydrogen-bond acceptors (Lipinski definition) is 9. The highest BCUT2D eigenvalue weighted by Crippen LogP contribution is 2.31. The summed E-state index contributed by atoms with van der Waals surface area (Å²) in [6, 6.07) is 3.74. The molecule has 220 valence electrons. The summed E-state index contributed by atoms with van der Waals surface area (Å²) in [7, 11) is 0. The standard InChI is InChI=1S/C30H47NO8/c1-8-11-20(5)28(33)38-25-14-13-23(17-26(25)39-29(34)21(6)12-9-2)16-24(31)30(35)36-18-22(7)37-27(32)15-19(4)10-3/h13-14,17,19-22,24H,8-12,15-16,18,31H2,1-7H3/t19?,20?,21?,22-,24-/m0/s1. The Morgan fingerprint density at radius 3 is 1.92 bits per heavy atom. The third-order valence-electron chi connectivity index (χ3n) is 6.44. The van der Waals surface area contributed by atoms with Crippen LogP contribution >= 0.6 is 0 Å². The number of rotatable bonds is 17. The van der Waals surface area contributed by atoms with Gasteiger partial charge in [0.25, 0.3) is 0 Å². The average Bonchev–Trinajstić information content (AvgIpc) is 2.88. The molecule has 0 aromatic heterocycles. The summed E-state index contributed by atoms with van der Waals surface area (Å²) in [5.74, 6) is -2.04. The second-order valence-corrected chi connectivity index (χ2v) is 10.5. The number of hydrogen-bond donors (Lipinski definition) is 1. The van der Waals surface area contributed by atoms with Crippen molar-refractivity contribution in [1.82, 2.24) is 0 Å². The van der Waals surface area contributed by atoms with Crippen LogP contribution in [0.5, 0.6) is 11.5 Å². The molecule has 0 bridgehead atoms. The first-order chi connectivity index (χ1) is 18.4. The molecule has 3 unspecified atom stereocenters. The Hall–Kier alpha value is -2.94. The lowest BCUT2D eigenvalue weighted by Crippen LogP contribution is -2.36. The van der Waals surface area contributed by atoms with Gasteiger partial charge in [0.2, 0.25) is 0 Å². The molecule has 0 radical (unpaired) electrons. The van der Waals surface area contributed by atoms with Crippen LogP contribution in [0.1, 0.15) is 92.6 Å². The number of esters is 4. The van der Waals surface area contributed by atoms with Gasteiger partial charge in [0.05, 0.1) is 11.8 Å². The van der Waals surface area contributed by atoms with Crippen molar-refractivity contribution >= 4 is 23.9 Å². The van der Waals surface area contributed by atoms with E-state index in [0.717, 1.165) is 19.3 Å². The van der Waals surface area contributed by atoms with Gasteiger partial charge in [-0.15, -0.1) is 0 Å². The highest BCUT2D eigenvalue weighted by atomic mass is 16.6. The lowest BCUT2D eigenvalue weighted by Gasteiger charge is -2.18. The van der Waals surface area contributed by atoms with Gasteiger partial charge in [-0.3, -0.25) is 19.2 Å². The number of nitrogens with two attached hydrogens (primary N) is 1. The van der Waals surface area contributed by atoms with Gasteiger partial charge in [0.1, 0.15) is 18.8 Å². The van der Waals surface area contributed by atoms with Gasteiger partial charge in [-0.1, -0.05) is 66.9 Å². The quantitative estimate of drug-likeness (QED) is 0.207. The van der Waals surface area contributed by atoms with Crippen LogP contribution in [-0.4, -0.2) is 42.6 Å². The van der Waals surface area contributed by atoms with Crippen LogP contribution in [0.25, 0.3) is 0 Å². The maximum absolute atomic E-state index is 12.6. The molecule has 0 saturated carbocycles. The molecule has 1 aromatic rings. The van der Waals surface area contributed by atoms with E-state index in [4.69, 9.17) is 24.7 Å². The van der Waals surface area contributed by atoms with Crippen LogP contribution in [0.2, 0.25) is 0 Å². The maximum Gasteiger partial charge on any atom is 0.323 e. The molecule has 9 heteroatoms. The normalized spacial score (nSPS) is 14.9. The molecule has 9 nitrogen and oxygen atoms in total. The van der Waals surface area contributed by atoms with Gasteiger partial charge in [-0.05, 0) is 49.8 Å². The summed E-state index contributed by atoms with van der Waals surface area (Å²) in [6.45, 7) is 13.0. The molecule has 0 aliphatic rings. The Morgan fingerprint density at radius 2 is 1.38 bits per heavy atom. The van der Waals surface area contributed by atoms with Gasteiger partial charge >= 0.3 is 23.9 Å². The van der Waals surface area contributed by atoms with E-state index in [1.807, 2.05) is 27.7 Å². The van der Waals surface area contributed by atoms with Gasteiger partial charge in [-0.25, -0.2) is 0 Å². The van der Waals surface area contributed by atoms with Crippen molar-refractivity contribution in [1.29, 1.82) is 0 Å². The van der Waals surface area contributed by atoms with E-state index in [1.165, 1.54) is 6.07 Å². The van der Waals surface area contributed by atoms with Gasteiger partial charge in [0, 0.05) is 6.42 Å². The third-order valence-corrected chi connectivity index (χ3v) is 6.44. The maximum atomic E-state index is 12.6. The summed E-state index contributed by atoms with van der Waals surface area (Å²) >= 11 is 0. The highest BCUT2D eigenvalue weighted by Gasteiger charge is 2.23. The van der Waals surface area contributed by atoms with E-state index in [9.17, 15) is 19.2 Å². The summed E-state index contributed by atoms with van der Waals surface area (Å²) in [6.07, 6.45) is 3.65. The topological polar surface area (TPSA) is 131 Å². The molecule has 0 spiro atoms. The molecular weight excluding hydrogens is 502 g/mol. The highest BCUT2D eigenvalue weighted by molar-refractivity contribution is 5.79. The molecule has 0 aliphatic heterocycles. The van der Waals surface area contributed by atoms with Crippen molar-refractivity contribution in [2.24, 2.45) is 23.5 Å². The molecule has 5 atom stereocenters. The minimum Gasteiger partial charge on any atom is -0.461 e. The summed E-state index contributed by atoms with van der Waals surface area (Å²) in [4.78, 5) is 49.6. The SMILES string of the molecule is CCCC(C)C(=O)Oc1ccc(C[C@H](N)C(=O)OC[C@H](C)OC(=O)CC(C)CC)cc1OC(=O)C(C)CCC. The second kappa shape index (κ2) is 17.6. The van der Waals surface area contributed by atoms with Crippen molar-refractivity contribution in [3.63, 3.8) is 0 Å². The Balaban J connectivity index is 2.89. The van der Waals surface area contributed by atoms with Crippen molar-refractivity contribution in [2.45, 2.75) is 106 Å². The fraction of sp³-hybridized carbons (Fsp3) is 0.667. The average molecular weight is 550 g/mol. The minimum absolute atomic E-state index is 0.0938. The molecule has 0 amide bonds. The van der Waals surface area contributed by atoms with Crippen LogP contribution in [-0.2, 0) is 35.1 Å². The fourth-order valence-electron chi connectivity index (χ4n) is 3.74. The van der Waals surface area contributed by atoms with E-state index < -0.39 is 30.1 Å². The van der Waals surface area contributed by atoms with Crippen molar-refractivity contribution in [2.75, 3.05) is 6.61 Å². The molecule has 0 aliphatic carbocycles. The minimum atomic E-state index is -1.01. The molecule has 39 heavy (non-hydrogen) atoms. The third kappa shape index (κ3) is 12.6. The lowest BCUT2D eigenvalue weighted by atomic mass is 10.0. The van der Waals surface area contributed by atoms with Crippen LogP contribution < -0.4 is 15.2 Å². The van der Waals surface area contributed by atoms with Crippen molar-refractivity contribution < 1.29 is 38.1 Å². The number of ether oxygens (including phenoxy) is 4. The Kier molecular flexibility index (Phi) is 15.4. The predicted molar refractivity (Wildman–Crippen MR) is 148 cm³/mol. The molecule has 1 rings (SSSR count). The van der Waals surface area contributed by atoms with Gasteiger partial charge in [-0.2, -0.15) is 0 Å². The van der Waals surface area contributed by atoms with Gasteiger partial charge in [0.15, 0.2) is 11.5 Å². The first-order valence-corrected chi connectivity index (χ1v) is 14.1. The molecule has 1 aromatic carbocycles. The number of carbonyl (C=O) groups is 4. The number of benzene rings is 1. The summed E-state index contributed by atoms with van der Waals surface area (Å²) in [5, 5.41) is 0.